The third kappa shape index (κ3) is 4.26. The zero-order valence-corrected chi connectivity index (χ0v) is 23.8. The highest BCUT2D eigenvalue weighted by Gasteiger charge is 2.34. The molecule has 0 saturated carbocycles. The molecule has 9 heteroatoms. The topological polar surface area (TPSA) is 84.1 Å². The Labute approximate surface area is 235 Å². The van der Waals surface area contributed by atoms with Crippen LogP contribution in [0.1, 0.15) is 48.0 Å². The molecule has 0 spiro atoms. The average molecular weight is 556 g/mol. The van der Waals surface area contributed by atoms with Gasteiger partial charge in [0.1, 0.15) is 0 Å². The van der Waals surface area contributed by atoms with Crippen molar-refractivity contribution in [3.63, 3.8) is 0 Å². The quantitative estimate of drug-likeness (QED) is 0.344. The third-order valence-corrected chi connectivity index (χ3v) is 8.23. The summed E-state index contributed by atoms with van der Waals surface area (Å²) in [6.45, 7) is 10.1. The highest BCUT2D eigenvalue weighted by molar-refractivity contribution is 7.07. The van der Waals surface area contributed by atoms with Crippen LogP contribution < -0.4 is 24.4 Å². The largest absolute Gasteiger partial charge is 0.463 e. The van der Waals surface area contributed by atoms with Crippen LogP contribution in [0.4, 0.5) is 0 Å². The smallest absolute Gasteiger partial charge is 0.338 e. The minimum Gasteiger partial charge on any atom is -0.463 e. The van der Waals surface area contributed by atoms with Crippen molar-refractivity contribution in [1.82, 2.24) is 9.13 Å². The van der Waals surface area contributed by atoms with Crippen LogP contribution in [-0.2, 0) is 9.53 Å². The van der Waals surface area contributed by atoms with E-state index < -0.39 is 12.0 Å². The first-order valence-corrected chi connectivity index (χ1v) is 13.9. The molecule has 0 amide bonds. The molecule has 2 aliphatic rings. The van der Waals surface area contributed by atoms with Gasteiger partial charge in [-0.25, -0.2) is 9.79 Å². The third-order valence-electron chi connectivity index (χ3n) is 7.25. The number of allylic oxidation sites excluding steroid dienone is 1. The summed E-state index contributed by atoms with van der Waals surface area (Å²) < 4.78 is 20.8. The van der Waals surface area contributed by atoms with E-state index in [1.165, 1.54) is 16.9 Å². The summed E-state index contributed by atoms with van der Waals surface area (Å²) in [6, 6.07) is 15.2. The molecule has 2 aromatic heterocycles. The number of rotatable bonds is 5. The Morgan fingerprint density at radius 2 is 1.90 bits per heavy atom. The van der Waals surface area contributed by atoms with Gasteiger partial charge in [-0.3, -0.25) is 9.36 Å². The molecule has 1 atom stereocenters. The Morgan fingerprint density at radius 3 is 2.67 bits per heavy atom. The van der Waals surface area contributed by atoms with Gasteiger partial charge in [0.05, 0.1) is 28.5 Å². The summed E-state index contributed by atoms with van der Waals surface area (Å²) in [5.74, 6) is 0.696. The highest BCUT2D eigenvalue weighted by Crippen LogP contribution is 2.38. The van der Waals surface area contributed by atoms with Gasteiger partial charge in [0, 0.05) is 17.1 Å². The molecule has 0 N–H and O–H groups in total. The van der Waals surface area contributed by atoms with E-state index in [0.717, 1.165) is 22.6 Å². The molecule has 0 unspecified atom stereocenters. The lowest BCUT2D eigenvalue weighted by molar-refractivity contribution is -0.139. The van der Waals surface area contributed by atoms with E-state index in [4.69, 9.17) is 14.2 Å². The molecule has 0 aliphatic carbocycles. The Kier molecular flexibility index (Phi) is 6.46. The van der Waals surface area contributed by atoms with Gasteiger partial charge in [-0.2, -0.15) is 0 Å². The lowest BCUT2D eigenvalue weighted by atomic mass is 9.95. The molecule has 0 fully saturated rings. The Bertz CT molecular complexity index is 1890. The second-order valence-corrected chi connectivity index (χ2v) is 10.9. The van der Waals surface area contributed by atoms with Crippen LogP contribution in [0.25, 0.3) is 11.8 Å². The van der Waals surface area contributed by atoms with Crippen LogP contribution in [0.15, 0.2) is 69.6 Å². The van der Waals surface area contributed by atoms with Crippen molar-refractivity contribution in [2.75, 3.05) is 13.4 Å². The zero-order chi connectivity index (χ0) is 28.1. The number of hydrogen-bond donors (Lipinski definition) is 0. The Morgan fingerprint density at radius 1 is 1.10 bits per heavy atom. The molecule has 0 bridgehead atoms. The number of esters is 1. The fraction of sp³-hybridized carbons (Fsp3) is 0.258. The predicted octanol–water partition coefficient (Wildman–Crippen LogP) is 4.24. The first-order valence-electron chi connectivity index (χ1n) is 13.1. The van der Waals surface area contributed by atoms with Crippen molar-refractivity contribution in [2.24, 2.45) is 4.99 Å². The van der Waals surface area contributed by atoms with Crippen LogP contribution in [0.3, 0.4) is 0 Å². The van der Waals surface area contributed by atoms with E-state index in [0.29, 0.717) is 37.7 Å². The molecule has 0 saturated heterocycles. The second kappa shape index (κ2) is 9.98. The molecule has 6 rings (SSSR count). The predicted molar refractivity (Wildman–Crippen MR) is 153 cm³/mol. The van der Waals surface area contributed by atoms with Crippen LogP contribution >= 0.6 is 11.3 Å². The summed E-state index contributed by atoms with van der Waals surface area (Å²) >= 11 is 1.31. The van der Waals surface area contributed by atoms with Crippen LogP contribution in [0.2, 0.25) is 0 Å². The van der Waals surface area contributed by atoms with Gasteiger partial charge >= 0.3 is 5.97 Å². The summed E-state index contributed by atoms with van der Waals surface area (Å²) in [7, 11) is 0. The van der Waals surface area contributed by atoms with Gasteiger partial charge in [-0.15, -0.1) is 0 Å². The number of carbonyl (C=O) groups excluding carboxylic acids is 1. The van der Waals surface area contributed by atoms with E-state index in [1.807, 2.05) is 24.3 Å². The maximum absolute atomic E-state index is 14.0. The van der Waals surface area contributed by atoms with E-state index >= 15 is 0 Å². The Balaban J connectivity index is 1.52. The number of aromatic nitrogens is 2. The first kappa shape index (κ1) is 25.9. The van der Waals surface area contributed by atoms with Gasteiger partial charge in [0.25, 0.3) is 5.56 Å². The lowest BCUT2D eigenvalue weighted by Crippen LogP contribution is -2.39. The fourth-order valence-electron chi connectivity index (χ4n) is 5.43. The lowest BCUT2D eigenvalue weighted by Gasteiger charge is -2.24. The van der Waals surface area contributed by atoms with Gasteiger partial charge in [-0.05, 0) is 87.7 Å². The van der Waals surface area contributed by atoms with Crippen LogP contribution in [0.5, 0.6) is 11.5 Å². The normalized spacial score (nSPS) is 16.2. The molecule has 0 radical (unpaired) electrons. The molecule has 2 aliphatic heterocycles. The zero-order valence-electron chi connectivity index (χ0n) is 23.0. The highest BCUT2D eigenvalue weighted by atomic mass is 32.1. The number of hydrogen-bond acceptors (Lipinski definition) is 7. The van der Waals surface area contributed by atoms with Crippen molar-refractivity contribution in [3.05, 3.63) is 108 Å². The number of aryl methyl sites for hydroxylation is 2. The maximum Gasteiger partial charge on any atom is 0.338 e. The van der Waals surface area contributed by atoms with Crippen molar-refractivity contribution in [2.45, 2.75) is 40.7 Å². The molecular weight excluding hydrogens is 526 g/mol. The van der Waals surface area contributed by atoms with E-state index in [1.54, 1.807) is 24.5 Å². The van der Waals surface area contributed by atoms with Crippen LogP contribution in [-0.4, -0.2) is 28.5 Å². The minimum atomic E-state index is -0.716. The number of benzene rings is 2. The summed E-state index contributed by atoms with van der Waals surface area (Å²) in [5, 5.41) is 0. The molecule has 40 heavy (non-hydrogen) atoms. The van der Waals surface area contributed by atoms with Gasteiger partial charge in [0.15, 0.2) is 16.3 Å². The maximum atomic E-state index is 14.0. The number of carbonyl (C=O) groups is 1. The number of fused-ring (bicyclic) bond motifs is 2. The molecule has 204 valence electrons. The second-order valence-electron chi connectivity index (χ2n) is 9.92. The standard InChI is InChI=1S/C31H29N3O5S/c1-6-37-30(36)27-19(4)32-31-34(28(27)21-10-11-24-25(14-21)39-16-38-24)29(35)26(40-31)15-22-13-18(3)33(20(22)5)23-9-7-8-17(2)12-23/h7-15,28H,6,16H2,1-5H3/b26-15+/t28-/m0/s1. The van der Waals surface area contributed by atoms with Crippen molar-refractivity contribution in [1.29, 1.82) is 0 Å². The van der Waals surface area contributed by atoms with Crippen molar-refractivity contribution in [3.8, 4) is 17.2 Å². The van der Waals surface area contributed by atoms with E-state index in [-0.39, 0.29) is 19.0 Å². The Hall–Kier alpha value is -4.37. The van der Waals surface area contributed by atoms with E-state index in [9.17, 15) is 9.59 Å². The van der Waals surface area contributed by atoms with E-state index in [2.05, 4.69) is 54.6 Å². The molecular formula is C31H29N3O5S. The molecule has 4 aromatic rings. The molecule has 2 aromatic carbocycles. The van der Waals surface area contributed by atoms with Gasteiger partial charge < -0.3 is 18.8 Å². The molecule has 4 heterocycles. The van der Waals surface area contributed by atoms with Crippen molar-refractivity contribution >= 4 is 23.4 Å². The monoisotopic (exact) mass is 555 g/mol. The number of thiazole rings is 1. The summed E-state index contributed by atoms with van der Waals surface area (Å²) in [6.07, 6.45) is 1.92. The number of nitrogens with zero attached hydrogens (tertiary/aromatic N) is 3. The van der Waals surface area contributed by atoms with Crippen molar-refractivity contribution < 1.29 is 19.0 Å². The first-order chi connectivity index (χ1) is 19.3. The fourth-order valence-corrected chi connectivity index (χ4v) is 6.47. The summed E-state index contributed by atoms with van der Waals surface area (Å²) in [5.41, 5.74) is 6.65. The number of ether oxygens (including phenoxy) is 3. The summed E-state index contributed by atoms with van der Waals surface area (Å²) in [4.78, 5) is 32.4. The SMILES string of the molecule is CCOC(=O)C1=C(C)N=c2s/c(=C/c3cc(C)n(-c4cccc(C)c4)c3C)c(=O)n2[C@H]1c1ccc2c(c1)OCO2. The van der Waals surface area contributed by atoms with Gasteiger partial charge in [0.2, 0.25) is 6.79 Å². The molecule has 8 nitrogen and oxygen atoms in total. The van der Waals surface area contributed by atoms with Gasteiger partial charge in [-0.1, -0.05) is 29.5 Å². The minimum absolute atomic E-state index is 0.127. The van der Waals surface area contributed by atoms with Crippen LogP contribution in [0, 0.1) is 20.8 Å². The average Bonchev–Trinajstić information content (AvgIpc) is 3.59.